The van der Waals surface area contributed by atoms with Gasteiger partial charge in [-0.2, -0.15) is 5.26 Å². The Bertz CT molecular complexity index is 679. The summed E-state index contributed by atoms with van der Waals surface area (Å²) < 4.78 is 5.09. The molecule has 3 nitrogen and oxygen atoms in total. The van der Waals surface area contributed by atoms with E-state index in [0.717, 1.165) is 5.56 Å². The Balaban J connectivity index is 2.13. The summed E-state index contributed by atoms with van der Waals surface area (Å²) in [5.74, 6) is 0.566. The zero-order chi connectivity index (χ0) is 14.4. The molecule has 0 saturated carbocycles. The van der Waals surface area contributed by atoms with Crippen LogP contribution in [0.4, 0.5) is 0 Å². The highest BCUT2D eigenvalue weighted by Gasteiger charge is 2.02. The predicted octanol–water partition coefficient (Wildman–Crippen LogP) is 3.46. The number of methoxy groups -OCH3 is 1. The summed E-state index contributed by atoms with van der Waals surface area (Å²) in [4.78, 5) is 12.0. The largest absolute Gasteiger partial charge is 0.497 e. The molecule has 0 aliphatic rings. The Morgan fingerprint density at radius 2 is 1.95 bits per heavy atom. The fraction of sp³-hybridized carbons (Fsp3) is 0.0588. The van der Waals surface area contributed by atoms with Gasteiger partial charge in [0.15, 0.2) is 5.78 Å². The van der Waals surface area contributed by atoms with E-state index in [4.69, 9.17) is 10.00 Å². The van der Waals surface area contributed by atoms with Crippen molar-refractivity contribution in [3.63, 3.8) is 0 Å². The lowest BCUT2D eigenvalue weighted by molar-refractivity contribution is 0.104. The minimum absolute atomic E-state index is 0.0896. The molecule has 98 valence electrons. The second kappa shape index (κ2) is 6.35. The summed E-state index contributed by atoms with van der Waals surface area (Å²) >= 11 is 0. The monoisotopic (exact) mass is 263 g/mol. The average molecular weight is 263 g/mol. The third-order valence-corrected chi connectivity index (χ3v) is 2.82. The van der Waals surface area contributed by atoms with E-state index in [1.54, 1.807) is 61.7 Å². The first kappa shape index (κ1) is 13.6. The lowest BCUT2D eigenvalue weighted by Crippen LogP contribution is -1.94. The van der Waals surface area contributed by atoms with Crippen LogP contribution in [0.2, 0.25) is 0 Å². The smallest absolute Gasteiger partial charge is 0.185 e. The fourth-order valence-corrected chi connectivity index (χ4v) is 1.71. The number of ketones is 1. The summed E-state index contributed by atoms with van der Waals surface area (Å²) in [7, 11) is 1.57. The molecular weight excluding hydrogens is 250 g/mol. The van der Waals surface area contributed by atoms with E-state index in [-0.39, 0.29) is 5.78 Å². The van der Waals surface area contributed by atoms with Gasteiger partial charge in [-0.3, -0.25) is 4.79 Å². The van der Waals surface area contributed by atoms with E-state index in [0.29, 0.717) is 16.9 Å². The Morgan fingerprint density at radius 3 is 2.60 bits per heavy atom. The van der Waals surface area contributed by atoms with Gasteiger partial charge in [0.1, 0.15) is 5.75 Å². The number of carbonyl (C=O) groups is 1. The van der Waals surface area contributed by atoms with Crippen molar-refractivity contribution < 1.29 is 9.53 Å². The van der Waals surface area contributed by atoms with Crippen molar-refractivity contribution in [1.29, 1.82) is 5.26 Å². The van der Waals surface area contributed by atoms with E-state index >= 15 is 0 Å². The van der Waals surface area contributed by atoms with Crippen molar-refractivity contribution >= 4 is 11.9 Å². The molecule has 20 heavy (non-hydrogen) atoms. The van der Waals surface area contributed by atoms with E-state index in [9.17, 15) is 4.79 Å². The molecule has 3 heteroatoms. The molecule has 0 saturated heterocycles. The second-order valence-corrected chi connectivity index (χ2v) is 4.16. The number of allylic oxidation sites excluding steroid dienone is 1. The molecule has 0 aromatic heterocycles. The normalized spacial score (nSPS) is 10.2. The Hall–Kier alpha value is -2.86. The van der Waals surface area contributed by atoms with Gasteiger partial charge >= 0.3 is 0 Å². The molecule has 0 amide bonds. The Labute approximate surface area is 117 Å². The number of nitriles is 1. The van der Waals surface area contributed by atoms with Gasteiger partial charge in [0.25, 0.3) is 0 Å². The molecule has 2 rings (SSSR count). The lowest BCUT2D eigenvalue weighted by Gasteiger charge is -2.01. The number of hydrogen-bond acceptors (Lipinski definition) is 3. The minimum atomic E-state index is -0.0896. The molecule has 0 fully saturated rings. The zero-order valence-corrected chi connectivity index (χ0v) is 11.0. The van der Waals surface area contributed by atoms with Crippen molar-refractivity contribution in [2.75, 3.05) is 7.11 Å². The van der Waals surface area contributed by atoms with Crippen molar-refractivity contribution in [2.24, 2.45) is 0 Å². The van der Waals surface area contributed by atoms with E-state index in [1.165, 1.54) is 6.08 Å². The molecule has 0 atom stereocenters. The fourth-order valence-electron chi connectivity index (χ4n) is 1.71. The maximum absolute atomic E-state index is 12.0. The molecule has 0 spiro atoms. The zero-order valence-electron chi connectivity index (χ0n) is 11.0. The summed E-state index contributed by atoms with van der Waals surface area (Å²) in [5.41, 5.74) is 2.05. The van der Waals surface area contributed by atoms with Gasteiger partial charge in [-0.25, -0.2) is 0 Å². The molecule has 0 aliphatic carbocycles. The Morgan fingerprint density at radius 1 is 1.20 bits per heavy atom. The van der Waals surface area contributed by atoms with Crippen molar-refractivity contribution in [1.82, 2.24) is 0 Å². The SMILES string of the molecule is COc1cccc(C(=O)/C=C/c2ccc(C#N)cc2)c1. The third kappa shape index (κ3) is 3.33. The van der Waals surface area contributed by atoms with Crippen molar-refractivity contribution in [2.45, 2.75) is 0 Å². The first-order valence-corrected chi connectivity index (χ1v) is 6.09. The minimum Gasteiger partial charge on any atom is -0.497 e. The van der Waals surface area contributed by atoms with Crippen LogP contribution in [-0.2, 0) is 0 Å². The quantitative estimate of drug-likeness (QED) is 0.627. The van der Waals surface area contributed by atoms with Crippen LogP contribution in [0.5, 0.6) is 5.75 Å². The van der Waals surface area contributed by atoms with Crippen LogP contribution in [0.25, 0.3) is 6.08 Å². The number of ether oxygens (including phenoxy) is 1. The van der Waals surface area contributed by atoms with Crippen LogP contribution in [0, 0.1) is 11.3 Å². The summed E-state index contributed by atoms with van der Waals surface area (Å²) in [6.45, 7) is 0. The number of rotatable bonds is 4. The number of carbonyl (C=O) groups excluding carboxylic acids is 1. The van der Waals surface area contributed by atoms with Crippen LogP contribution < -0.4 is 4.74 Å². The van der Waals surface area contributed by atoms with Gasteiger partial charge in [0.2, 0.25) is 0 Å². The summed E-state index contributed by atoms with van der Waals surface area (Å²) in [6, 6.07) is 16.1. The number of benzene rings is 2. The summed E-state index contributed by atoms with van der Waals surface area (Å²) in [6.07, 6.45) is 3.24. The third-order valence-electron chi connectivity index (χ3n) is 2.82. The first-order valence-electron chi connectivity index (χ1n) is 6.09. The van der Waals surface area contributed by atoms with Gasteiger partial charge in [0.05, 0.1) is 18.7 Å². The molecule has 2 aromatic carbocycles. The van der Waals surface area contributed by atoms with Crippen molar-refractivity contribution in [3.05, 3.63) is 71.3 Å². The van der Waals surface area contributed by atoms with E-state index in [1.807, 2.05) is 0 Å². The van der Waals surface area contributed by atoms with Crippen LogP contribution in [0.15, 0.2) is 54.6 Å². The first-order chi connectivity index (χ1) is 9.72. The second-order valence-electron chi connectivity index (χ2n) is 4.16. The molecule has 0 aliphatic heterocycles. The topological polar surface area (TPSA) is 50.1 Å². The lowest BCUT2D eigenvalue weighted by atomic mass is 10.1. The molecule has 0 radical (unpaired) electrons. The average Bonchev–Trinajstić information content (AvgIpc) is 2.53. The van der Waals surface area contributed by atoms with Gasteiger partial charge < -0.3 is 4.74 Å². The summed E-state index contributed by atoms with van der Waals surface area (Å²) in [5, 5.41) is 8.71. The van der Waals surface area contributed by atoms with E-state index < -0.39 is 0 Å². The van der Waals surface area contributed by atoms with Crippen LogP contribution in [0.1, 0.15) is 21.5 Å². The van der Waals surface area contributed by atoms with Crippen LogP contribution in [-0.4, -0.2) is 12.9 Å². The highest BCUT2D eigenvalue weighted by molar-refractivity contribution is 6.07. The molecule has 2 aromatic rings. The molecule has 0 heterocycles. The van der Waals surface area contributed by atoms with Crippen LogP contribution >= 0.6 is 0 Å². The molecular formula is C17H13NO2. The standard InChI is InChI=1S/C17H13NO2/c1-20-16-4-2-3-15(11-16)17(19)10-9-13-5-7-14(12-18)8-6-13/h2-11H,1H3/b10-9+. The predicted molar refractivity (Wildman–Crippen MR) is 77.5 cm³/mol. The molecule has 0 N–H and O–H groups in total. The molecule has 0 bridgehead atoms. The van der Waals surface area contributed by atoms with Gasteiger partial charge in [-0.05, 0) is 35.9 Å². The maximum Gasteiger partial charge on any atom is 0.185 e. The highest BCUT2D eigenvalue weighted by atomic mass is 16.5. The Kier molecular flexibility index (Phi) is 4.31. The number of nitrogens with zero attached hydrogens (tertiary/aromatic N) is 1. The maximum atomic E-state index is 12.0. The van der Waals surface area contributed by atoms with Crippen molar-refractivity contribution in [3.8, 4) is 11.8 Å². The van der Waals surface area contributed by atoms with E-state index in [2.05, 4.69) is 6.07 Å². The van der Waals surface area contributed by atoms with Gasteiger partial charge in [-0.1, -0.05) is 30.3 Å². The molecule has 0 unspecified atom stereocenters. The number of hydrogen-bond donors (Lipinski definition) is 0. The van der Waals surface area contributed by atoms with Crippen LogP contribution in [0.3, 0.4) is 0 Å². The highest BCUT2D eigenvalue weighted by Crippen LogP contribution is 2.14. The van der Waals surface area contributed by atoms with Gasteiger partial charge in [0, 0.05) is 5.56 Å². The van der Waals surface area contributed by atoms with Gasteiger partial charge in [-0.15, -0.1) is 0 Å².